The number of benzene rings is 1. The van der Waals surface area contributed by atoms with E-state index in [0.29, 0.717) is 16.5 Å². The van der Waals surface area contributed by atoms with Crippen LogP contribution in [-0.4, -0.2) is 29.3 Å². The van der Waals surface area contributed by atoms with Crippen LogP contribution in [0.5, 0.6) is 0 Å². The fraction of sp³-hybridized carbons (Fsp3) is 0.533. The lowest BCUT2D eigenvalue weighted by atomic mass is 9.98. The highest BCUT2D eigenvalue weighted by Crippen LogP contribution is 2.24. The van der Waals surface area contributed by atoms with E-state index in [1.807, 2.05) is 24.0 Å². The van der Waals surface area contributed by atoms with Crippen LogP contribution in [-0.2, 0) is 0 Å². The summed E-state index contributed by atoms with van der Waals surface area (Å²) in [5, 5.41) is 0.611. The van der Waals surface area contributed by atoms with Crippen molar-refractivity contribution >= 4 is 29.1 Å². The van der Waals surface area contributed by atoms with Gasteiger partial charge in [0.25, 0.3) is 5.91 Å². The largest absolute Gasteiger partial charge is 0.336 e. The van der Waals surface area contributed by atoms with Crippen molar-refractivity contribution in [3.05, 3.63) is 34.3 Å². The Morgan fingerprint density at radius 2 is 2.21 bits per heavy atom. The van der Waals surface area contributed by atoms with E-state index in [4.69, 9.17) is 23.2 Å². The Kier molecular flexibility index (Phi) is 5.12. The van der Waals surface area contributed by atoms with Gasteiger partial charge in [-0.05, 0) is 50.3 Å². The van der Waals surface area contributed by atoms with E-state index < -0.39 is 0 Å². The second-order valence-electron chi connectivity index (χ2n) is 5.09. The molecule has 4 heteroatoms. The fourth-order valence-corrected chi connectivity index (χ4v) is 3.10. The van der Waals surface area contributed by atoms with Crippen molar-refractivity contribution in [3.8, 4) is 0 Å². The van der Waals surface area contributed by atoms with Crippen LogP contribution in [0.15, 0.2) is 18.2 Å². The topological polar surface area (TPSA) is 20.3 Å². The minimum atomic E-state index is 0.0924. The molecule has 1 fully saturated rings. The van der Waals surface area contributed by atoms with Crippen LogP contribution >= 0.6 is 23.2 Å². The molecule has 19 heavy (non-hydrogen) atoms. The molecule has 104 valence electrons. The van der Waals surface area contributed by atoms with Gasteiger partial charge in [-0.1, -0.05) is 17.7 Å². The Balaban J connectivity index is 2.23. The summed E-state index contributed by atoms with van der Waals surface area (Å²) in [5.41, 5.74) is 1.69. The molecule has 1 heterocycles. The van der Waals surface area contributed by atoms with Crippen molar-refractivity contribution in [3.63, 3.8) is 0 Å². The number of alkyl halides is 1. The molecule has 1 aromatic rings. The molecule has 0 spiro atoms. The van der Waals surface area contributed by atoms with Crippen LogP contribution in [0.4, 0.5) is 0 Å². The Morgan fingerprint density at radius 1 is 1.42 bits per heavy atom. The van der Waals surface area contributed by atoms with Gasteiger partial charge in [0.1, 0.15) is 0 Å². The number of amides is 1. The maximum atomic E-state index is 12.7. The van der Waals surface area contributed by atoms with Crippen molar-refractivity contribution in [2.45, 2.75) is 38.6 Å². The van der Waals surface area contributed by atoms with E-state index in [2.05, 4.69) is 0 Å². The van der Waals surface area contributed by atoms with Gasteiger partial charge in [-0.25, -0.2) is 0 Å². The maximum Gasteiger partial charge on any atom is 0.254 e. The lowest BCUT2D eigenvalue weighted by molar-refractivity contribution is 0.0608. The highest BCUT2D eigenvalue weighted by molar-refractivity contribution is 6.31. The first-order valence-electron chi connectivity index (χ1n) is 6.76. The molecule has 0 saturated carbocycles. The molecule has 1 atom stereocenters. The van der Waals surface area contributed by atoms with Gasteiger partial charge in [0, 0.05) is 29.1 Å². The fourth-order valence-electron chi connectivity index (χ4n) is 2.67. The third-order valence-electron chi connectivity index (χ3n) is 3.76. The number of carbonyl (C=O) groups excluding carboxylic acids is 1. The molecule has 1 amide bonds. The molecule has 1 aromatic carbocycles. The standard InChI is InChI=1S/C15H19Cl2NO/c1-11-5-6-12(17)10-14(11)15(19)18-9-3-2-4-13(18)7-8-16/h5-6,10,13H,2-4,7-9H2,1H3. The average Bonchev–Trinajstić information content (AvgIpc) is 2.42. The molecule has 2 nitrogen and oxygen atoms in total. The van der Waals surface area contributed by atoms with E-state index in [-0.39, 0.29) is 11.9 Å². The number of likely N-dealkylation sites (tertiary alicyclic amines) is 1. The molecule has 1 aliphatic heterocycles. The Labute approximate surface area is 124 Å². The van der Waals surface area contributed by atoms with Crippen LogP contribution in [0.2, 0.25) is 5.02 Å². The molecule has 0 N–H and O–H groups in total. The third kappa shape index (κ3) is 3.43. The molecule has 1 unspecified atom stereocenters. The van der Waals surface area contributed by atoms with Gasteiger partial charge in [0.15, 0.2) is 0 Å². The summed E-state index contributed by atoms with van der Waals surface area (Å²) >= 11 is 11.9. The van der Waals surface area contributed by atoms with E-state index in [0.717, 1.165) is 31.4 Å². The first kappa shape index (κ1) is 14.7. The zero-order valence-corrected chi connectivity index (χ0v) is 12.7. The zero-order chi connectivity index (χ0) is 13.8. The lowest BCUT2D eigenvalue weighted by Crippen LogP contribution is -2.44. The summed E-state index contributed by atoms with van der Waals surface area (Å²) in [5.74, 6) is 0.693. The first-order valence-corrected chi connectivity index (χ1v) is 7.68. The third-order valence-corrected chi connectivity index (χ3v) is 4.21. The van der Waals surface area contributed by atoms with E-state index in [9.17, 15) is 4.79 Å². The number of halogens is 2. The average molecular weight is 300 g/mol. The molecule has 1 saturated heterocycles. The Hall–Kier alpha value is -0.730. The van der Waals surface area contributed by atoms with Gasteiger partial charge < -0.3 is 4.90 Å². The second-order valence-corrected chi connectivity index (χ2v) is 5.90. The number of rotatable bonds is 3. The Bertz CT molecular complexity index is 459. The zero-order valence-electron chi connectivity index (χ0n) is 11.2. The quantitative estimate of drug-likeness (QED) is 0.763. The molecule has 0 aromatic heterocycles. The Morgan fingerprint density at radius 3 is 2.95 bits per heavy atom. The second kappa shape index (κ2) is 6.62. The van der Waals surface area contributed by atoms with Crippen LogP contribution in [0.3, 0.4) is 0 Å². The summed E-state index contributed by atoms with van der Waals surface area (Å²) in [4.78, 5) is 14.7. The summed E-state index contributed by atoms with van der Waals surface area (Å²) in [7, 11) is 0. The van der Waals surface area contributed by atoms with Crippen molar-refractivity contribution < 1.29 is 4.79 Å². The number of carbonyl (C=O) groups is 1. The van der Waals surface area contributed by atoms with E-state index in [1.54, 1.807) is 6.07 Å². The van der Waals surface area contributed by atoms with Gasteiger partial charge in [-0.15, -0.1) is 11.6 Å². The van der Waals surface area contributed by atoms with Gasteiger partial charge in [0.05, 0.1) is 0 Å². The van der Waals surface area contributed by atoms with Crippen molar-refractivity contribution in [1.29, 1.82) is 0 Å². The molecule has 0 radical (unpaired) electrons. The van der Waals surface area contributed by atoms with Crippen molar-refractivity contribution in [2.24, 2.45) is 0 Å². The summed E-state index contributed by atoms with van der Waals surface area (Å²) in [6.07, 6.45) is 4.18. The minimum Gasteiger partial charge on any atom is -0.336 e. The molecule has 2 rings (SSSR count). The first-order chi connectivity index (χ1) is 9.13. The summed E-state index contributed by atoms with van der Waals surface area (Å²) in [6, 6.07) is 5.76. The maximum absolute atomic E-state index is 12.7. The highest BCUT2D eigenvalue weighted by Gasteiger charge is 2.27. The van der Waals surface area contributed by atoms with Crippen molar-refractivity contribution in [1.82, 2.24) is 4.90 Å². The lowest BCUT2D eigenvalue weighted by Gasteiger charge is -2.36. The van der Waals surface area contributed by atoms with Crippen molar-refractivity contribution in [2.75, 3.05) is 12.4 Å². The van der Waals surface area contributed by atoms with Crippen LogP contribution < -0.4 is 0 Å². The smallest absolute Gasteiger partial charge is 0.254 e. The number of aryl methyl sites for hydroxylation is 1. The van der Waals surface area contributed by atoms with Gasteiger partial charge in [0.2, 0.25) is 0 Å². The number of hydrogen-bond acceptors (Lipinski definition) is 1. The number of piperidine rings is 1. The molecular formula is C15H19Cl2NO. The molecule has 0 bridgehead atoms. The van der Waals surface area contributed by atoms with Gasteiger partial charge in [-0.3, -0.25) is 4.79 Å². The van der Waals surface area contributed by atoms with E-state index >= 15 is 0 Å². The number of nitrogens with zero attached hydrogens (tertiary/aromatic N) is 1. The summed E-state index contributed by atoms with van der Waals surface area (Å²) < 4.78 is 0. The monoisotopic (exact) mass is 299 g/mol. The van der Waals surface area contributed by atoms with E-state index in [1.165, 1.54) is 6.42 Å². The normalized spacial score (nSPS) is 19.5. The molecule has 1 aliphatic rings. The predicted octanol–water partition coefficient (Wildman–Crippen LogP) is 4.27. The van der Waals surface area contributed by atoms with Crippen LogP contribution in [0, 0.1) is 6.92 Å². The SMILES string of the molecule is Cc1ccc(Cl)cc1C(=O)N1CCCCC1CCCl. The van der Waals surface area contributed by atoms with Crippen LogP contribution in [0.1, 0.15) is 41.6 Å². The molecule has 0 aliphatic carbocycles. The molecular weight excluding hydrogens is 281 g/mol. The predicted molar refractivity (Wildman–Crippen MR) is 80.2 cm³/mol. The van der Waals surface area contributed by atoms with Gasteiger partial charge >= 0.3 is 0 Å². The summed E-state index contributed by atoms with van der Waals surface area (Å²) in [6.45, 7) is 2.77. The van der Waals surface area contributed by atoms with Crippen LogP contribution in [0.25, 0.3) is 0 Å². The highest BCUT2D eigenvalue weighted by atomic mass is 35.5. The van der Waals surface area contributed by atoms with Gasteiger partial charge in [-0.2, -0.15) is 0 Å². The number of hydrogen-bond donors (Lipinski definition) is 0. The minimum absolute atomic E-state index is 0.0924.